The van der Waals surface area contributed by atoms with Crippen LogP contribution in [-0.2, 0) is 11.0 Å². The average molecular weight is 448 g/mol. The first-order chi connectivity index (χ1) is 14.4. The van der Waals surface area contributed by atoms with Crippen molar-refractivity contribution in [2.75, 3.05) is 11.1 Å². The van der Waals surface area contributed by atoms with E-state index >= 15 is 0 Å². The van der Waals surface area contributed by atoms with Gasteiger partial charge < -0.3 is 5.32 Å². The number of rotatable bonds is 7. The Hall–Kier alpha value is -2.90. The van der Waals surface area contributed by atoms with Gasteiger partial charge in [0, 0.05) is 29.3 Å². The molecule has 0 aliphatic heterocycles. The quantitative estimate of drug-likeness (QED) is 0.376. The van der Waals surface area contributed by atoms with Gasteiger partial charge in [0.1, 0.15) is 11.1 Å². The normalized spacial score (nSPS) is 11.1. The van der Waals surface area contributed by atoms with Crippen LogP contribution in [0.3, 0.4) is 0 Å². The number of nitriles is 1. The number of halogens is 3. The van der Waals surface area contributed by atoms with Crippen LogP contribution in [0.4, 0.5) is 18.3 Å². The number of hydrogen-bond donors (Lipinski definition) is 1. The van der Waals surface area contributed by atoms with Crippen LogP contribution in [0.15, 0.2) is 53.0 Å². The topological polar surface area (TPSA) is 78.7 Å². The lowest BCUT2D eigenvalue weighted by atomic mass is 10.1. The number of pyridine rings is 1. The van der Waals surface area contributed by atoms with Gasteiger partial charge in [-0.25, -0.2) is 9.97 Å². The number of carbonyl (C=O) groups excluding carboxylic acids is 1. The summed E-state index contributed by atoms with van der Waals surface area (Å²) in [7, 11) is 0. The van der Waals surface area contributed by atoms with Crippen LogP contribution in [0.5, 0.6) is 0 Å². The molecule has 0 radical (unpaired) electrons. The van der Waals surface area contributed by atoms with Gasteiger partial charge in [0.25, 0.3) is 0 Å². The van der Waals surface area contributed by atoms with Crippen LogP contribution in [-0.4, -0.2) is 21.6 Å². The first-order valence-electron chi connectivity index (χ1n) is 8.78. The third-order valence-electron chi connectivity index (χ3n) is 3.94. The summed E-state index contributed by atoms with van der Waals surface area (Å²) in [5.74, 6) is 0.107. The summed E-state index contributed by atoms with van der Waals surface area (Å²) in [6.45, 7) is 0. The molecule has 0 spiro atoms. The third-order valence-corrected chi connectivity index (χ3v) is 5.69. The molecular weight excluding hydrogens is 433 g/mol. The van der Waals surface area contributed by atoms with Crippen molar-refractivity contribution in [3.63, 3.8) is 0 Å². The number of anilines is 1. The molecule has 1 amide bonds. The van der Waals surface area contributed by atoms with Crippen molar-refractivity contribution in [1.29, 1.82) is 5.26 Å². The minimum Gasteiger partial charge on any atom is -0.302 e. The van der Waals surface area contributed by atoms with E-state index in [1.165, 1.54) is 11.3 Å². The highest BCUT2D eigenvalue weighted by Crippen LogP contribution is 2.38. The van der Waals surface area contributed by atoms with E-state index in [0.29, 0.717) is 22.9 Å². The lowest BCUT2D eigenvalue weighted by Crippen LogP contribution is -2.12. The van der Waals surface area contributed by atoms with E-state index in [4.69, 9.17) is 0 Å². The fraction of sp³-hybridized carbons (Fsp3) is 0.200. The van der Waals surface area contributed by atoms with Crippen molar-refractivity contribution in [2.24, 2.45) is 0 Å². The summed E-state index contributed by atoms with van der Waals surface area (Å²) in [4.78, 5) is 20.2. The Labute approximate surface area is 179 Å². The Morgan fingerprint density at radius 2 is 2.03 bits per heavy atom. The van der Waals surface area contributed by atoms with Crippen LogP contribution in [0, 0.1) is 11.3 Å². The Morgan fingerprint density at radius 3 is 2.67 bits per heavy atom. The molecule has 0 unspecified atom stereocenters. The molecule has 0 aliphatic rings. The first kappa shape index (κ1) is 21.8. The second-order valence-electron chi connectivity index (χ2n) is 6.05. The Balaban J connectivity index is 1.75. The van der Waals surface area contributed by atoms with Gasteiger partial charge in [-0.1, -0.05) is 30.3 Å². The molecule has 3 rings (SSSR count). The van der Waals surface area contributed by atoms with Crippen molar-refractivity contribution >= 4 is 34.1 Å². The maximum atomic E-state index is 13.5. The molecule has 0 aliphatic carbocycles. The van der Waals surface area contributed by atoms with Crippen LogP contribution < -0.4 is 5.32 Å². The van der Waals surface area contributed by atoms with Crippen LogP contribution in [0.1, 0.15) is 24.0 Å². The van der Waals surface area contributed by atoms with Crippen molar-refractivity contribution in [3.05, 3.63) is 59.1 Å². The van der Waals surface area contributed by atoms with E-state index < -0.39 is 17.3 Å². The van der Waals surface area contributed by atoms with E-state index in [9.17, 15) is 23.2 Å². The molecule has 0 atom stereocenters. The second-order valence-corrected chi connectivity index (χ2v) is 8.03. The van der Waals surface area contributed by atoms with Crippen molar-refractivity contribution in [2.45, 2.75) is 24.0 Å². The largest absolute Gasteiger partial charge is 0.417 e. The SMILES string of the molecule is N#Cc1c(C(F)(F)F)cc(-c2ccccc2)nc1SCCCC(=O)Nc1nccs1. The number of benzene rings is 1. The van der Waals surface area contributed by atoms with Crippen molar-refractivity contribution in [1.82, 2.24) is 9.97 Å². The van der Waals surface area contributed by atoms with Gasteiger partial charge in [0.2, 0.25) is 5.91 Å². The number of nitrogens with one attached hydrogen (secondary N) is 1. The number of aromatic nitrogens is 2. The van der Waals surface area contributed by atoms with Gasteiger partial charge in [-0.3, -0.25) is 4.79 Å². The Morgan fingerprint density at radius 1 is 1.27 bits per heavy atom. The van der Waals surface area contributed by atoms with Crippen molar-refractivity contribution in [3.8, 4) is 17.3 Å². The molecule has 30 heavy (non-hydrogen) atoms. The summed E-state index contributed by atoms with van der Waals surface area (Å²) in [5.41, 5.74) is -0.842. The highest BCUT2D eigenvalue weighted by atomic mass is 32.2. The minimum atomic E-state index is -4.68. The molecule has 0 saturated heterocycles. The fourth-order valence-electron chi connectivity index (χ4n) is 2.58. The van der Waals surface area contributed by atoms with Crippen LogP contribution in [0.2, 0.25) is 0 Å². The van der Waals surface area contributed by atoms with Gasteiger partial charge in [-0.15, -0.1) is 23.1 Å². The predicted octanol–water partition coefficient (Wildman–Crippen LogP) is 5.61. The van der Waals surface area contributed by atoms with Gasteiger partial charge in [-0.2, -0.15) is 18.4 Å². The summed E-state index contributed by atoms with van der Waals surface area (Å²) < 4.78 is 40.6. The number of amides is 1. The number of nitrogens with zero attached hydrogens (tertiary/aromatic N) is 3. The molecule has 0 bridgehead atoms. The molecule has 1 N–H and O–H groups in total. The number of thioether (sulfide) groups is 1. The van der Waals surface area contributed by atoms with Gasteiger partial charge in [-0.05, 0) is 12.5 Å². The molecule has 5 nitrogen and oxygen atoms in total. The molecule has 0 saturated carbocycles. The zero-order valence-electron chi connectivity index (χ0n) is 15.4. The van der Waals surface area contributed by atoms with Crippen LogP contribution >= 0.6 is 23.1 Å². The monoisotopic (exact) mass is 448 g/mol. The standard InChI is InChI=1S/C20H15F3N4OS2/c21-20(22,23)15-11-16(13-5-2-1-3-6-13)26-18(14(15)12-24)29-9-4-7-17(28)27-19-25-8-10-30-19/h1-3,5-6,8,10-11H,4,7,9H2,(H,25,27,28). The molecular formula is C20H15F3N4OS2. The first-order valence-corrected chi connectivity index (χ1v) is 10.6. The highest BCUT2D eigenvalue weighted by Gasteiger charge is 2.36. The lowest BCUT2D eigenvalue weighted by molar-refractivity contribution is -0.138. The second kappa shape index (κ2) is 9.73. The molecule has 10 heteroatoms. The molecule has 0 fully saturated rings. The maximum Gasteiger partial charge on any atom is 0.417 e. The number of hydrogen-bond acceptors (Lipinski definition) is 6. The van der Waals surface area contributed by atoms with E-state index in [2.05, 4.69) is 15.3 Å². The zero-order valence-corrected chi connectivity index (χ0v) is 17.1. The highest BCUT2D eigenvalue weighted by molar-refractivity contribution is 7.99. The average Bonchev–Trinajstić information content (AvgIpc) is 3.23. The lowest BCUT2D eigenvalue weighted by Gasteiger charge is -2.14. The van der Waals surface area contributed by atoms with E-state index in [0.717, 1.165) is 17.8 Å². The van der Waals surface area contributed by atoms with E-state index in [1.54, 1.807) is 48.0 Å². The van der Waals surface area contributed by atoms with Gasteiger partial charge >= 0.3 is 6.18 Å². The number of alkyl halides is 3. The van der Waals surface area contributed by atoms with E-state index in [-0.39, 0.29) is 23.0 Å². The van der Waals surface area contributed by atoms with Gasteiger partial charge in [0.15, 0.2) is 5.13 Å². The molecule has 154 valence electrons. The predicted molar refractivity (Wildman–Crippen MR) is 110 cm³/mol. The zero-order chi connectivity index (χ0) is 21.6. The molecule has 2 heterocycles. The fourth-order valence-corrected chi connectivity index (χ4v) is 4.07. The van der Waals surface area contributed by atoms with Crippen LogP contribution in [0.25, 0.3) is 11.3 Å². The number of carbonyl (C=O) groups is 1. The number of thiazole rings is 1. The summed E-state index contributed by atoms with van der Waals surface area (Å²) in [5, 5.41) is 14.2. The third kappa shape index (κ3) is 5.58. The maximum absolute atomic E-state index is 13.5. The smallest absolute Gasteiger partial charge is 0.302 e. The van der Waals surface area contributed by atoms with E-state index in [1.807, 2.05) is 0 Å². The summed E-state index contributed by atoms with van der Waals surface area (Å²) in [6.07, 6.45) is -2.52. The molecule has 2 aromatic heterocycles. The van der Waals surface area contributed by atoms with Gasteiger partial charge in [0.05, 0.1) is 16.8 Å². The Bertz CT molecular complexity index is 1050. The van der Waals surface area contributed by atoms with Crippen molar-refractivity contribution < 1.29 is 18.0 Å². The molecule has 1 aromatic carbocycles. The molecule has 3 aromatic rings. The minimum absolute atomic E-state index is 0.00603. The summed E-state index contributed by atoms with van der Waals surface area (Å²) in [6, 6.07) is 11.0. The summed E-state index contributed by atoms with van der Waals surface area (Å²) >= 11 is 2.33. The Kier molecular flexibility index (Phi) is 7.07.